The molecule has 18 rings (SSSR count). The summed E-state index contributed by atoms with van der Waals surface area (Å²) in [7, 11) is 0. The normalized spacial score (nSPS) is 11.2. The van der Waals surface area contributed by atoms with Gasteiger partial charge in [0, 0.05) is 67.7 Å². The van der Waals surface area contributed by atoms with Crippen LogP contribution in [0.15, 0.2) is 364 Å². The Hall–Kier alpha value is -13.6. The molecule has 0 saturated carbocycles. The average Bonchev–Trinajstić information content (AvgIpc) is 0.783. The third-order valence-electron chi connectivity index (χ3n) is 18.3. The third kappa shape index (κ3) is 12.4. The molecule has 14 aromatic carbocycles. The van der Waals surface area contributed by atoms with E-state index in [1.54, 1.807) is 0 Å². The largest absolute Gasteiger partial charge is 0.256 e. The Balaban J connectivity index is 0.000000150. The molecule has 4 heterocycles. The van der Waals surface area contributed by atoms with Crippen molar-refractivity contribution in [3.8, 4) is 135 Å². The molecule has 0 aliphatic rings. The van der Waals surface area contributed by atoms with Crippen LogP contribution in [0.25, 0.3) is 178 Å². The summed E-state index contributed by atoms with van der Waals surface area (Å²) in [6.07, 6.45) is 3.81. The SMILES string of the molecule is c1ccc(-c2nc(-c3ccccc3)nc(-c3ccc(-c4cc(-c5ccc(-c6cccc7cccnc67)cc5)cc5ccccc45)cc3)n2)cc1.c1ccc(-c2nc(-c3ccccc3)nc(-c3ccc(-c4cc(-c5ccc(-c6cnc7ccccc7c6)cc5)cc5ccccc45)cc3)n2)cc1. The lowest BCUT2D eigenvalue weighted by Crippen LogP contribution is -2.00. The molecule has 4 aromatic heterocycles. The second-order valence-electron chi connectivity index (χ2n) is 24.7. The summed E-state index contributed by atoms with van der Waals surface area (Å²) in [4.78, 5) is 38.7. The van der Waals surface area contributed by atoms with Crippen LogP contribution in [0.5, 0.6) is 0 Å². The van der Waals surface area contributed by atoms with Crippen molar-refractivity contribution >= 4 is 43.4 Å². The first-order chi connectivity index (χ1) is 49.5. The molecule has 8 nitrogen and oxygen atoms in total. The van der Waals surface area contributed by atoms with Crippen LogP contribution < -0.4 is 0 Å². The maximum atomic E-state index is 4.93. The predicted octanol–water partition coefficient (Wildman–Crippen LogP) is 23.2. The molecule has 0 fully saturated rings. The maximum Gasteiger partial charge on any atom is 0.164 e. The van der Waals surface area contributed by atoms with E-state index in [0.29, 0.717) is 34.9 Å². The van der Waals surface area contributed by atoms with E-state index in [9.17, 15) is 0 Å². The Morgan fingerprint density at radius 3 is 0.910 bits per heavy atom. The van der Waals surface area contributed by atoms with Crippen molar-refractivity contribution in [2.24, 2.45) is 0 Å². The highest BCUT2D eigenvalue weighted by Gasteiger charge is 2.18. The molecule has 0 bridgehead atoms. The number of pyridine rings is 2. The number of rotatable bonds is 12. The van der Waals surface area contributed by atoms with Gasteiger partial charge in [-0.1, -0.05) is 309 Å². The monoisotopic (exact) mass is 1280 g/mol. The molecule has 0 aliphatic carbocycles. The van der Waals surface area contributed by atoms with Gasteiger partial charge in [-0.25, -0.2) is 29.9 Å². The van der Waals surface area contributed by atoms with E-state index in [0.717, 1.165) is 99.7 Å². The summed E-state index contributed by atoms with van der Waals surface area (Å²) >= 11 is 0. The van der Waals surface area contributed by atoms with Gasteiger partial charge >= 0.3 is 0 Å². The van der Waals surface area contributed by atoms with Gasteiger partial charge in [0.2, 0.25) is 0 Å². The maximum absolute atomic E-state index is 4.93. The number of nitrogens with zero attached hydrogens (tertiary/aromatic N) is 8. The highest BCUT2D eigenvalue weighted by molar-refractivity contribution is 6.02. The van der Waals surface area contributed by atoms with Crippen molar-refractivity contribution in [1.82, 2.24) is 39.9 Å². The van der Waals surface area contributed by atoms with Crippen LogP contribution in [0.1, 0.15) is 0 Å². The van der Waals surface area contributed by atoms with Gasteiger partial charge in [0.1, 0.15) is 0 Å². The number of hydrogen-bond donors (Lipinski definition) is 0. The fourth-order valence-electron chi connectivity index (χ4n) is 13.2. The van der Waals surface area contributed by atoms with Crippen molar-refractivity contribution in [2.45, 2.75) is 0 Å². The minimum absolute atomic E-state index is 0.643. The molecule has 0 saturated heterocycles. The summed E-state index contributed by atoms with van der Waals surface area (Å²) in [5.74, 6) is 3.90. The van der Waals surface area contributed by atoms with Crippen LogP contribution in [0, 0.1) is 0 Å². The van der Waals surface area contributed by atoms with Crippen molar-refractivity contribution in [3.63, 3.8) is 0 Å². The lowest BCUT2D eigenvalue weighted by atomic mass is 9.92. The van der Waals surface area contributed by atoms with Gasteiger partial charge in [-0.15, -0.1) is 0 Å². The highest BCUT2D eigenvalue weighted by atomic mass is 15.0. The Kier molecular flexibility index (Phi) is 16.2. The molecular weight excluding hydrogens is 1220 g/mol. The van der Waals surface area contributed by atoms with Crippen molar-refractivity contribution < 1.29 is 0 Å². The number of hydrogen-bond acceptors (Lipinski definition) is 8. The number of para-hydroxylation sites is 2. The van der Waals surface area contributed by atoms with E-state index >= 15 is 0 Å². The molecule has 0 amide bonds. The van der Waals surface area contributed by atoms with E-state index in [-0.39, 0.29) is 0 Å². The summed E-state index contributed by atoms with van der Waals surface area (Å²) in [5.41, 5.74) is 21.5. The summed E-state index contributed by atoms with van der Waals surface area (Å²) in [6.45, 7) is 0. The lowest BCUT2D eigenvalue weighted by molar-refractivity contribution is 1.07. The Labute approximate surface area is 579 Å². The van der Waals surface area contributed by atoms with Crippen molar-refractivity contribution in [1.29, 1.82) is 0 Å². The first kappa shape index (κ1) is 60.1. The van der Waals surface area contributed by atoms with Crippen molar-refractivity contribution in [3.05, 3.63) is 364 Å². The van der Waals surface area contributed by atoms with Gasteiger partial charge in [-0.2, -0.15) is 0 Å². The zero-order valence-electron chi connectivity index (χ0n) is 54.2. The summed E-state index contributed by atoms with van der Waals surface area (Å²) in [6, 6.07) is 122. The molecule has 100 heavy (non-hydrogen) atoms. The molecule has 0 unspecified atom stereocenters. The van der Waals surface area contributed by atoms with Crippen LogP contribution in [-0.2, 0) is 0 Å². The summed E-state index contributed by atoms with van der Waals surface area (Å²) < 4.78 is 0. The van der Waals surface area contributed by atoms with Crippen LogP contribution in [0.3, 0.4) is 0 Å². The average molecular weight is 1280 g/mol. The van der Waals surface area contributed by atoms with Gasteiger partial charge in [0.25, 0.3) is 0 Å². The van der Waals surface area contributed by atoms with Gasteiger partial charge in [-0.3, -0.25) is 9.97 Å². The predicted molar refractivity (Wildman–Crippen MR) is 411 cm³/mol. The van der Waals surface area contributed by atoms with Gasteiger partial charge in [0.05, 0.1) is 11.0 Å². The van der Waals surface area contributed by atoms with E-state index in [4.69, 9.17) is 29.9 Å². The second-order valence-corrected chi connectivity index (χ2v) is 24.7. The van der Waals surface area contributed by atoms with E-state index in [1.807, 2.05) is 152 Å². The molecule has 0 radical (unpaired) electrons. The first-order valence-corrected chi connectivity index (χ1v) is 33.4. The molecule has 0 aliphatic heterocycles. The molecular formula is C92H60N8. The standard InChI is InChI=1S/2C46H30N4/c1-3-11-34(12-4-1)44-48-45(35-13-5-2-6-14-35)50-46(49-44)36-25-23-33(24-26-36)42-29-39(27-37-15-7-9-17-41(37)42)31-19-21-32(22-20-31)40-28-38-16-8-10-18-43(38)47-30-40;1-3-11-35(12-4-1)44-48-45(36-13-5-2-6-14-36)50-46(49-44)37-26-24-33(25-27-37)42-30-39(29-38-15-7-8-18-40(38)42)31-20-22-32(23-21-31)41-19-9-16-34-17-10-28-47-43(34)41/h2*1-30H. The van der Waals surface area contributed by atoms with Crippen LogP contribution in [0.4, 0.5) is 0 Å². The Bertz CT molecular complexity index is 5850. The minimum atomic E-state index is 0.643. The highest BCUT2D eigenvalue weighted by Crippen LogP contribution is 2.40. The molecule has 0 atom stereocenters. The molecule has 468 valence electrons. The zero-order valence-corrected chi connectivity index (χ0v) is 54.2. The first-order valence-electron chi connectivity index (χ1n) is 33.4. The molecule has 18 aromatic rings. The fourth-order valence-corrected chi connectivity index (χ4v) is 13.2. The van der Waals surface area contributed by atoms with Crippen LogP contribution in [-0.4, -0.2) is 39.9 Å². The van der Waals surface area contributed by atoms with Gasteiger partial charge in [-0.05, 0) is 120 Å². The minimum Gasteiger partial charge on any atom is -0.256 e. The van der Waals surface area contributed by atoms with E-state index < -0.39 is 0 Å². The number of benzene rings is 14. The smallest absolute Gasteiger partial charge is 0.164 e. The Morgan fingerprint density at radius 2 is 0.480 bits per heavy atom. The third-order valence-corrected chi connectivity index (χ3v) is 18.3. The molecule has 0 spiro atoms. The van der Waals surface area contributed by atoms with E-state index in [2.05, 4.69) is 222 Å². The van der Waals surface area contributed by atoms with E-state index in [1.165, 1.54) is 43.8 Å². The summed E-state index contributed by atoms with van der Waals surface area (Å²) in [5, 5.41) is 7.10. The zero-order chi connectivity index (χ0) is 66.6. The number of aromatic nitrogens is 8. The Morgan fingerprint density at radius 1 is 0.170 bits per heavy atom. The molecule has 0 N–H and O–H groups in total. The molecule has 8 heteroatoms. The van der Waals surface area contributed by atoms with Crippen molar-refractivity contribution in [2.75, 3.05) is 0 Å². The quantitative estimate of drug-likeness (QED) is 0.119. The topological polar surface area (TPSA) is 103 Å². The van der Waals surface area contributed by atoms with Crippen LogP contribution in [0.2, 0.25) is 0 Å². The lowest BCUT2D eigenvalue weighted by Gasteiger charge is -2.13. The van der Waals surface area contributed by atoms with Crippen LogP contribution >= 0.6 is 0 Å². The number of fused-ring (bicyclic) bond motifs is 4. The van der Waals surface area contributed by atoms with Gasteiger partial charge < -0.3 is 0 Å². The fraction of sp³-hybridized carbons (Fsp3) is 0. The van der Waals surface area contributed by atoms with Gasteiger partial charge in [0.15, 0.2) is 34.9 Å². The second kappa shape index (κ2) is 26.9.